The summed E-state index contributed by atoms with van der Waals surface area (Å²) in [5.41, 5.74) is 3.40. The van der Waals surface area contributed by atoms with Gasteiger partial charge in [0.25, 0.3) is 0 Å². The van der Waals surface area contributed by atoms with Crippen LogP contribution in [0.3, 0.4) is 0 Å². The molecule has 0 unspecified atom stereocenters. The van der Waals surface area contributed by atoms with Gasteiger partial charge in [-0.1, -0.05) is 28.1 Å². The first-order valence-electron chi connectivity index (χ1n) is 4.04. The Balaban J connectivity index is 2.47. The molecule has 1 nitrogen and oxygen atoms in total. The molecule has 14 heavy (non-hydrogen) atoms. The van der Waals surface area contributed by atoms with Crippen molar-refractivity contribution in [1.82, 2.24) is 4.98 Å². The van der Waals surface area contributed by atoms with E-state index in [-0.39, 0.29) is 0 Å². The fourth-order valence-corrected chi connectivity index (χ4v) is 2.54. The summed E-state index contributed by atoms with van der Waals surface area (Å²) in [6, 6.07) is 6.27. The molecule has 0 radical (unpaired) electrons. The minimum Gasteiger partial charge on any atom is -0.229 e. The Hall–Kier alpha value is -0.190. The van der Waals surface area contributed by atoms with E-state index in [1.54, 1.807) is 11.3 Å². The van der Waals surface area contributed by atoms with Crippen molar-refractivity contribution in [3.63, 3.8) is 0 Å². The molecular formula is C10H7Br2NS. The Morgan fingerprint density at radius 1 is 1.29 bits per heavy atom. The van der Waals surface area contributed by atoms with Gasteiger partial charge in [0.1, 0.15) is 0 Å². The third-order valence-electron chi connectivity index (χ3n) is 1.94. The minimum atomic E-state index is 0.921. The van der Waals surface area contributed by atoms with Crippen LogP contribution in [0.5, 0.6) is 0 Å². The van der Waals surface area contributed by atoms with Crippen molar-refractivity contribution in [1.29, 1.82) is 0 Å². The van der Waals surface area contributed by atoms with Crippen molar-refractivity contribution in [2.24, 2.45) is 0 Å². The molecule has 0 aliphatic carbocycles. The van der Waals surface area contributed by atoms with E-state index >= 15 is 0 Å². The lowest BCUT2D eigenvalue weighted by Crippen LogP contribution is -1.80. The largest absolute Gasteiger partial charge is 0.229 e. The predicted molar refractivity (Wildman–Crippen MR) is 67.7 cm³/mol. The second-order valence-electron chi connectivity index (χ2n) is 2.95. The van der Waals surface area contributed by atoms with Crippen molar-refractivity contribution in [3.05, 3.63) is 37.5 Å². The fourth-order valence-electron chi connectivity index (χ4n) is 1.14. The molecule has 0 amide bonds. The van der Waals surface area contributed by atoms with Crippen LogP contribution in [0.15, 0.2) is 32.0 Å². The average molecular weight is 333 g/mol. The average Bonchev–Trinajstić information content (AvgIpc) is 2.57. The Morgan fingerprint density at radius 2 is 2.07 bits per heavy atom. The molecule has 1 aromatic carbocycles. The first kappa shape index (κ1) is 10.3. The molecule has 0 N–H and O–H groups in total. The zero-order valence-electron chi connectivity index (χ0n) is 7.42. The maximum absolute atomic E-state index is 4.37. The Bertz CT molecular complexity index is 465. The van der Waals surface area contributed by atoms with Crippen molar-refractivity contribution >= 4 is 43.2 Å². The van der Waals surface area contributed by atoms with E-state index in [1.807, 2.05) is 5.38 Å². The van der Waals surface area contributed by atoms with E-state index in [0.717, 1.165) is 19.6 Å². The number of aromatic nitrogens is 1. The van der Waals surface area contributed by atoms with Gasteiger partial charge in [-0.3, -0.25) is 0 Å². The summed E-state index contributed by atoms with van der Waals surface area (Å²) in [4.78, 5) is 4.37. The molecule has 0 fully saturated rings. The molecule has 2 aromatic rings. The van der Waals surface area contributed by atoms with Crippen LogP contribution >= 0.6 is 43.2 Å². The number of nitrogens with zero attached hydrogens (tertiary/aromatic N) is 1. The van der Waals surface area contributed by atoms with Crippen LogP contribution in [0, 0.1) is 6.92 Å². The number of benzene rings is 1. The van der Waals surface area contributed by atoms with Gasteiger partial charge in [-0.15, -0.1) is 11.3 Å². The van der Waals surface area contributed by atoms with Gasteiger partial charge in [-0.25, -0.2) is 4.98 Å². The summed E-state index contributed by atoms with van der Waals surface area (Å²) < 4.78 is 2.04. The maximum Gasteiger partial charge on any atom is 0.159 e. The normalized spacial score (nSPS) is 10.5. The van der Waals surface area contributed by atoms with E-state index in [4.69, 9.17) is 0 Å². The number of hydrogen-bond acceptors (Lipinski definition) is 2. The first-order valence-corrected chi connectivity index (χ1v) is 6.51. The lowest BCUT2D eigenvalue weighted by molar-refractivity contribution is 1.35. The molecule has 2 rings (SSSR count). The molecule has 1 heterocycles. The zero-order chi connectivity index (χ0) is 10.1. The fraction of sp³-hybridized carbons (Fsp3) is 0.100. The highest BCUT2D eigenvalue weighted by Crippen LogP contribution is 2.28. The van der Waals surface area contributed by atoms with Crippen molar-refractivity contribution in [2.75, 3.05) is 0 Å². The molecule has 72 valence electrons. The Morgan fingerprint density at radius 3 is 2.64 bits per heavy atom. The highest BCUT2D eigenvalue weighted by molar-refractivity contribution is 9.11. The monoisotopic (exact) mass is 331 g/mol. The second-order valence-corrected chi connectivity index (χ2v) is 5.94. The summed E-state index contributed by atoms with van der Waals surface area (Å²) >= 11 is 8.47. The van der Waals surface area contributed by atoms with Crippen LogP contribution in [0.2, 0.25) is 0 Å². The summed E-state index contributed by atoms with van der Waals surface area (Å²) in [5.74, 6) is 0. The molecule has 0 saturated heterocycles. The van der Waals surface area contributed by atoms with Gasteiger partial charge in [0.2, 0.25) is 0 Å². The Kier molecular flexibility index (Phi) is 3.04. The van der Waals surface area contributed by atoms with E-state index in [2.05, 4.69) is 62.0 Å². The van der Waals surface area contributed by atoms with Gasteiger partial charge in [-0.05, 0) is 34.5 Å². The summed E-state index contributed by atoms with van der Waals surface area (Å²) in [6.45, 7) is 2.07. The van der Waals surface area contributed by atoms with Gasteiger partial charge < -0.3 is 0 Å². The topological polar surface area (TPSA) is 12.9 Å². The van der Waals surface area contributed by atoms with Crippen molar-refractivity contribution < 1.29 is 0 Å². The standard InChI is InChI=1S/C10H7Br2NS/c1-6-2-3-7(4-8(6)11)9-5-14-10(12)13-9/h2-5H,1H3. The first-order chi connectivity index (χ1) is 6.66. The number of rotatable bonds is 1. The third kappa shape index (κ3) is 2.07. The second kappa shape index (κ2) is 4.13. The smallest absolute Gasteiger partial charge is 0.159 e. The van der Waals surface area contributed by atoms with E-state index < -0.39 is 0 Å². The molecule has 0 atom stereocenters. The van der Waals surface area contributed by atoms with Gasteiger partial charge >= 0.3 is 0 Å². The van der Waals surface area contributed by atoms with Crippen LogP contribution < -0.4 is 0 Å². The quantitative estimate of drug-likeness (QED) is 0.741. The SMILES string of the molecule is Cc1ccc(-c2csc(Br)n2)cc1Br. The van der Waals surface area contributed by atoms with Gasteiger partial charge in [0.15, 0.2) is 3.92 Å². The molecule has 0 aliphatic rings. The molecule has 0 bridgehead atoms. The number of aryl methyl sites for hydroxylation is 1. The molecule has 4 heteroatoms. The van der Waals surface area contributed by atoms with Crippen LogP contribution in [-0.2, 0) is 0 Å². The summed E-state index contributed by atoms with van der Waals surface area (Å²) in [7, 11) is 0. The van der Waals surface area contributed by atoms with E-state index in [1.165, 1.54) is 5.56 Å². The third-order valence-corrected chi connectivity index (χ3v) is 4.16. The predicted octanol–water partition coefficient (Wildman–Crippen LogP) is 4.64. The summed E-state index contributed by atoms with van der Waals surface area (Å²) in [6.07, 6.45) is 0. The molecule has 0 aliphatic heterocycles. The van der Waals surface area contributed by atoms with E-state index in [9.17, 15) is 0 Å². The molecule has 0 spiro atoms. The number of halogens is 2. The maximum atomic E-state index is 4.37. The van der Waals surface area contributed by atoms with Gasteiger partial charge in [0.05, 0.1) is 5.69 Å². The van der Waals surface area contributed by atoms with Gasteiger partial charge in [-0.2, -0.15) is 0 Å². The highest BCUT2D eigenvalue weighted by atomic mass is 79.9. The van der Waals surface area contributed by atoms with Crippen molar-refractivity contribution in [2.45, 2.75) is 6.92 Å². The molecular weight excluding hydrogens is 326 g/mol. The number of thiazole rings is 1. The molecule has 1 aromatic heterocycles. The zero-order valence-corrected chi connectivity index (χ0v) is 11.4. The van der Waals surface area contributed by atoms with Crippen LogP contribution in [0.4, 0.5) is 0 Å². The van der Waals surface area contributed by atoms with Crippen molar-refractivity contribution in [3.8, 4) is 11.3 Å². The lowest BCUT2D eigenvalue weighted by atomic mass is 10.1. The minimum absolute atomic E-state index is 0.921. The summed E-state index contributed by atoms with van der Waals surface area (Å²) in [5, 5.41) is 2.04. The van der Waals surface area contributed by atoms with Crippen LogP contribution in [0.25, 0.3) is 11.3 Å². The van der Waals surface area contributed by atoms with Crippen LogP contribution in [0.1, 0.15) is 5.56 Å². The van der Waals surface area contributed by atoms with Gasteiger partial charge in [0, 0.05) is 15.4 Å². The van der Waals surface area contributed by atoms with Crippen LogP contribution in [-0.4, -0.2) is 4.98 Å². The molecule has 0 saturated carbocycles. The highest BCUT2D eigenvalue weighted by Gasteiger charge is 2.03. The van der Waals surface area contributed by atoms with E-state index in [0.29, 0.717) is 0 Å². The Labute approximate surface area is 103 Å². The lowest BCUT2D eigenvalue weighted by Gasteiger charge is -2.00. The number of hydrogen-bond donors (Lipinski definition) is 0.